The maximum Gasteiger partial charge on any atom is 0.228 e. The Hall–Kier alpha value is -1.89. The van der Waals surface area contributed by atoms with Crippen molar-refractivity contribution in [3.05, 3.63) is 34.1 Å². The molecule has 6 nitrogen and oxygen atoms in total. The van der Waals surface area contributed by atoms with Gasteiger partial charge in [0.1, 0.15) is 0 Å². The molecule has 7 heteroatoms. The Morgan fingerprint density at radius 1 is 1.45 bits per heavy atom. The van der Waals surface area contributed by atoms with E-state index in [4.69, 9.17) is 4.52 Å². The van der Waals surface area contributed by atoms with Crippen LogP contribution in [0.25, 0.3) is 0 Å². The Kier molecular flexibility index (Phi) is 6.39. The van der Waals surface area contributed by atoms with Crippen LogP contribution >= 0.6 is 11.3 Å². The zero-order valence-electron chi connectivity index (χ0n) is 13.3. The van der Waals surface area contributed by atoms with Gasteiger partial charge in [-0.2, -0.15) is 4.98 Å². The van der Waals surface area contributed by atoms with Gasteiger partial charge in [-0.1, -0.05) is 18.1 Å². The SMILES string of the molecule is CN=C(NCCc1nc(C)no1)NCC(C)Cc1cccs1. The molecule has 0 spiro atoms. The van der Waals surface area contributed by atoms with Crippen LogP contribution in [-0.4, -0.2) is 36.2 Å². The minimum atomic E-state index is 0.552. The van der Waals surface area contributed by atoms with Crippen molar-refractivity contribution in [2.24, 2.45) is 10.9 Å². The number of aromatic nitrogens is 2. The number of hydrogen-bond donors (Lipinski definition) is 2. The molecular weight excluding hydrogens is 298 g/mol. The third-order valence-electron chi connectivity index (χ3n) is 3.17. The first kappa shape index (κ1) is 16.5. The Bertz CT molecular complexity index is 579. The largest absolute Gasteiger partial charge is 0.356 e. The molecule has 0 aliphatic rings. The van der Waals surface area contributed by atoms with E-state index in [0.717, 1.165) is 18.9 Å². The minimum Gasteiger partial charge on any atom is -0.356 e. The molecule has 2 rings (SSSR count). The second-order valence-electron chi connectivity index (χ2n) is 5.25. The molecule has 120 valence electrons. The van der Waals surface area contributed by atoms with Crippen molar-refractivity contribution in [1.82, 2.24) is 20.8 Å². The standard InChI is InChI=1S/C15H23N5OS/c1-11(9-13-5-4-8-22-13)10-18-15(16-3)17-7-6-14-19-12(2)20-21-14/h4-5,8,11H,6-7,9-10H2,1-3H3,(H2,16,17,18). The van der Waals surface area contributed by atoms with E-state index in [1.165, 1.54) is 4.88 Å². The molecule has 0 aliphatic heterocycles. The van der Waals surface area contributed by atoms with E-state index < -0.39 is 0 Å². The molecule has 1 atom stereocenters. The molecule has 0 saturated heterocycles. The topological polar surface area (TPSA) is 75.3 Å². The molecule has 0 amide bonds. The first-order chi connectivity index (χ1) is 10.7. The molecule has 2 aromatic rings. The molecule has 0 bridgehead atoms. The van der Waals surface area contributed by atoms with Crippen LogP contribution in [0.5, 0.6) is 0 Å². The summed E-state index contributed by atoms with van der Waals surface area (Å²) in [5.41, 5.74) is 0. The Labute approximate surface area is 135 Å². The molecule has 0 radical (unpaired) electrons. The van der Waals surface area contributed by atoms with Crippen LogP contribution in [0.2, 0.25) is 0 Å². The van der Waals surface area contributed by atoms with Gasteiger partial charge in [-0.3, -0.25) is 4.99 Å². The molecule has 0 fully saturated rings. The summed E-state index contributed by atoms with van der Waals surface area (Å²) in [5, 5.41) is 12.5. The number of nitrogens with one attached hydrogen (secondary N) is 2. The predicted octanol–water partition coefficient (Wildman–Crippen LogP) is 2.03. The molecule has 2 heterocycles. The van der Waals surface area contributed by atoms with Crippen molar-refractivity contribution in [2.45, 2.75) is 26.7 Å². The summed E-state index contributed by atoms with van der Waals surface area (Å²) >= 11 is 1.81. The normalized spacial score (nSPS) is 13.1. The molecule has 2 aromatic heterocycles. The zero-order valence-corrected chi connectivity index (χ0v) is 14.1. The monoisotopic (exact) mass is 321 g/mol. The third-order valence-corrected chi connectivity index (χ3v) is 4.07. The van der Waals surface area contributed by atoms with E-state index >= 15 is 0 Å². The van der Waals surface area contributed by atoms with Gasteiger partial charge in [0.2, 0.25) is 5.89 Å². The van der Waals surface area contributed by atoms with Crippen LogP contribution in [0.4, 0.5) is 0 Å². The lowest BCUT2D eigenvalue weighted by Gasteiger charge is -2.15. The van der Waals surface area contributed by atoms with Crippen molar-refractivity contribution >= 4 is 17.3 Å². The summed E-state index contributed by atoms with van der Waals surface area (Å²) in [6, 6.07) is 4.28. The number of aryl methyl sites for hydroxylation is 1. The zero-order chi connectivity index (χ0) is 15.8. The summed E-state index contributed by atoms with van der Waals surface area (Å²) in [5.74, 6) is 2.66. The molecular formula is C15H23N5OS. The lowest BCUT2D eigenvalue weighted by atomic mass is 10.1. The van der Waals surface area contributed by atoms with Crippen molar-refractivity contribution < 1.29 is 4.52 Å². The summed E-state index contributed by atoms with van der Waals surface area (Å²) in [4.78, 5) is 9.82. The number of guanidine groups is 1. The second-order valence-corrected chi connectivity index (χ2v) is 6.29. The molecule has 22 heavy (non-hydrogen) atoms. The summed E-state index contributed by atoms with van der Waals surface area (Å²) in [6.07, 6.45) is 1.77. The summed E-state index contributed by atoms with van der Waals surface area (Å²) in [7, 11) is 1.77. The number of aliphatic imine (C=N–C) groups is 1. The van der Waals surface area contributed by atoms with Crippen molar-refractivity contribution in [3.63, 3.8) is 0 Å². The minimum absolute atomic E-state index is 0.552. The van der Waals surface area contributed by atoms with Gasteiger partial charge in [0, 0.05) is 31.4 Å². The average molecular weight is 321 g/mol. The molecule has 0 saturated carbocycles. The van der Waals surface area contributed by atoms with Crippen LogP contribution in [0.15, 0.2) is 27.0 Å². The highest BCUT2D eigenvalue weighted by Crippen LogP contribution is 2.13. The number of nitrogens with zero attached hydrogens (tertiary/aromatic N) is 3. The molecule has 0 aliphatic carbocycles. The van der Waals surface area contributed by atoms with E-state index in [1.54, 1.807) is 7.05 Å². The van der Waals surface area contributed by atoms with Crippen molar-refractivity contribution in [3.8, 4) is 0 Å². The molecule has 2 N–H and O–H groups in total. The van der Waals surface area contributed by atoms with Gasteiger partial charge in [-0.15, -0.1) is 11.3 Å². The number of rotatable bonds is 7. The summed E-state index contributed by atoms with van der Waals surface area (Å²) in [6.45, 7) is 5.65. The van der Waals surface area contributed by atoms with Crippen LogP contribution in [0.3, 0.4) is 0 Å². The van der Waals surface area contributed by atoms with E-state index in [0.29, 0.717) is 30.6 Å². The highest BCUT2D eigenvalue weighted by atomic mass is 32.1. The fourth-order valence-corrected chi connectivity index (χ4v) is 2.94. The fourth-order valence-electron chi connectivity index (χ4n) is 2.07. The summed E-state index contributed by atoms with van der Waals surface area (Å²) < 4.78 is 5.08. The van der Waals surface area contributed by atoms with Gasteiger partial charge >= 0.3 is 0 Å². The van der Waals surface area contributed by atoms with Crippen LogP contribution in [0, 0.1) is 12.8 Å². The van der Waals surface area contributed by atoms with Crippen LogP contribution in [0.1, 0.15) is 23.5 Å². The lowest BCUT2D eigenvalue weighted by Crippen LogP contribution is -2.40. The predicted molar refractivity (Wildman–Crippen MR) is 89.3 cm³/mol. The highest BCUT2D eigenvalue weighted by Gasteiger charge is 2.07. The maximum atomic E-state index is 5.08. The quantitative estimate of drug-likeness (QED) is 0.603. The first-order valence-electron chi connectivity index (χ1n) is 7.43. The molecule has 1 unspecified atom stereocenters. The second kappa shape index (κ2) is 8.53. The third kappa shape index (κ3) is 5.48. The fraction of sp³-hybridized carbons (Fsp3) is 0.533. The Balaban J connectivity index is 1.66. The Morgan fingerprint density at radius 3 is 2.95 bits per heavy atom. The first-order valence-corrected chi connectivity index (χ1v) is 8.31. The Morgan fingerprint density at radius 2 is 2.32 bits per heavy atom. The van der Waals surface area contributed by atoms with E-state index in [2.05, 4.69) is 50.2 Å². The van der Waals surface area contributed by atoms with Gasteiger partial charge in [0.15, 0.2) is 11.8 Å². The number of hydrogen-bond acceptors (Lipinski definition) is 5. The van der Waals surface area contributed by atoms with Crippen LogP contribution < -0.4 is 10.6 Å². The van der Waals surface area contributed by atoms with Gasteiger partial charge in [0.05, 0.1) is 0 Å². The van der Waals surface area contributed by atoms with Gasteiger partial charge in [0.25, 0.3) is 0 Å². The highest BCUT2D eigenvalue weighted by molar-refractivity contribution is 7.09. The number of thiophene rings is 1. The van der Waals surface area contributed by atoms with E-state index in [9.17, 15) is 0 Å². The smallest absolute Gasteiger partial charge is 0.228 e. The average Bonchev–Trinajstić information content (AvgIpc) is 3.14. The maximum absolute atomic E-state index is 5.08. The van der Waals surface area contributed by atoms with Crippen LogP contribution in [-0.2, 0) is 12.8 Å². The van der Waals surface area contributed by atoms with Gasteiger partial charge < -0.3 is 15.2 Å². The van der Waals surface area contributed by atoms with E-state index in [1.807, 2.05) is 18.3 Å². The van der Waals surface area contributed by atoms with Gasteiger partial charge in [-0.25, -0.2) is 0 Å². The van der Waals surface area contributed by atoms with Crippen molar-refractivity contribution in [2.75, 3.05) is 20.1 Å². The van der Waals surface area contributed by atoms with Gasteiger partial charge in [-0.05, 0) is 30.7 Å². The lowest BCUT2D eigenvalue weighted by molar-refractivity contribution is 0.374. The van der Waals surface area contributed by atoms with E-state index in [-0.39, 0.29) is 0 Å². The van der Waals surface area contributed by atoms with Crippen molar-refractivity contribution in [1.29, 1.82) is 0 Å². The molecule has 0 aromatic carbocycles.